The van der Waals surface area contributed by atoms with Gasteiger partial charge in [-0.2, -0.15) is 0 Å². The number of aromatic amines is 1. The summed E-state index contributed by atoms with van der Waals surface area (Å²) in [6, 6.07) is 2.49. The van der Waals surface area contributed by atoms with Gasteiger partial charge in [0.25, 0.3) is 0 Å². The zero-order valence-electron chi connectivity index (χ0n) is 13.3. The van der Waals surface area contributed by atoms with Gasteiger partial charge in [-0.05, 0) is 0 Å². The number of esters is 1. The van der Waals surface area contributed by atoms with E-state index in [1.54, 1.807) is 27.0 Å². The number of carbonyl (C=O) groups excluding carboxylic acids is 3. The Hall–Kier alpha value is -2.12. The number of carbonyl (C=O) groups is 3. The second-order valence-corrected chi connectivity index (χ2v) is 5.63. The molecular weight excluding hydrogens is 337 g/mol. The first kappa shape index (κ1) is 17.2. The number of aryl methyl sites for hydroxylation is 1. The maximum absolute atomic E-state index is 12.3. The summed E-state index contributed by atoms with van der Waals surface area (Å²) in [7, 11) is 3.00. The predicted octanol–water partition coefficient (Wildman–Crippen LogP) is 0.884. The summed E-state index contributed by atoms with van der Waals surface area (Å²) in [5.74, 6) is -0.885. The Kier molecular flexibility index (Phi) is 4.92. The summed E-state index contributed by atoms with van der Waals surface area (Å²) in [4.78, 5) is 41.3. The van der Waals surface area contributed by atoms with E-state index < -0.39 is 17.9 Å². The number of ether oxygens (including phenoxy) is 1. The molecule has 23 heavy (non-hydrogen) atoms. The van der Waals surface area contributed by atoms with Crippen LogP contribution in [-0.4, -0.2) is 57.7 Å². The molecule has 2 rings (SSSR count). The van der Waals surface area contributed by atoms with Crippen LogP contribution in [0.2, 0.25) is 0 Å². The number of hydrogen-bond acceptors (Lipinski definition) is 4. The van der Waals surface area contributed by atoms with Gasteiger partial charge in [0.2, 0.25) is 0 Å². The molecule has 2 heterocycles. The van der Waals surface area contributed by atoms with Crippen LogP contribution in [0.25, 0.3) is 6.08 Å². The predicted molar refractivity (Wildman–Crippen MR) is 79.2 cm³/mol. The number of imide groups is 1. The Morgan fingerprint density at radius 3 is 2.61 bits per heavy atom. The van der Waals surface area contributed by atoms with Gasteiger partial charge in [0.15, 0.2) is 0 Å². The van der Waals surface area contributed by atoms with Crippen LogP contribution in [0, 0.1) is 13.0 Å². The molecule has 0 unspecified atom stereocenters. The molecule has 1 aromatic heterocycles. The molecule has 1 aliphatic heterocycles. The Bertz CT molecular complexity index is 709. The molecule has 3 amide bonds. The molecule has 1 aliphatic rings. The third-order valence-corrected chi connectivity index (χ3v) is 4.24. The van der Waals surface area contributed by atoms with Crippen molar-refractivity contribution in [2.75, 3.05) is 20.7 Å². The minimum absolute atomic E-state index is 0.272. The second-order valence-electron chi connectivity index (χ2n) is 4.97. The van der Waals surface area contributed by atoms with E-state index in [9.17, 15) is 14.4 Å². The van der Waals surface area contributed by atoms with Gasteiger partial charge in [-0.15, -0.1) is 0 Å². The number of nitrogens with one attached hydrogen (secondary N) is 1. The summed E-state index contributed by atoms with van der Waals surface area (Å²) in [5, 5.41) is 0. The summed E-state index contributed by atoms with van der Waals surface area (Å²) in [6.45, 7) is 3.72. The number of aromatic nitrogens is 1. The van der Waals surface area contributed by atoms with E-state index in [2.05, 4.69) is 28.0 Å². The molecule has 0 atom stereocenters. The molecule has 1 aromatic rings. The van der Waals surface area contributed by atoms with E-state index in [1.807, 2.05) is 0 Å². The standard InChI is InChI=1S/C15H16N3O4.V/c1-5-22-14(20)12-7-11(16-9(12)2)6-10-8-17(3)15(21)18(4)13(10)19;/h6,16H,5H2,1-4H3;/q-1;/b10-6+;. The fraction of sp³-hybridized carbons (Fsp3) is 0.333. The van der Waals surface area contributed by atoms with Gasteiger partial charge >= 0.3 is 142 Å². The number of rotatable bonds is 3. The third kappa shape index (κ3) is 3.16. The third-order valence-electron chi connectivity index (χ3n) is 3.39. The van der Waals surface area contributed by atoms with Gasteiger partial charge < -0.3 is 0 Å². The number of nitrogens with zero attached hydrogens (tertiary/aromatic N) is 2. The van der Waals surface area contributed by atoms with Crippen LogP contribution >= 0.6 is 0 Å². The monoisotopic (exact) mass is 353 g/mol. The van der Waals surface area contributed by atoms with E-state index in [0.29, 0.717) is 26.9 Å². The molecule has 0 aromatic carbocycles. The first-order valence-electron chi connectivity index (χ1n) is 6.90. The van der Waals surface area contributed by atoms with Crippen LogP contribution < -0.4 is 0 Å². The first-order valence-corrected chi connectivity index (χ1v) is 7.60. The summed E-state index contributed by atoms with van der Waals surface area (Å²) in [6.07, 6.45) is 1.56. The van der Waals surface area contributed by atoms with Gasteiger partial charge in [0, 0.05) is 0 Å². The topological polar surface area (TPSA) is 82.7 Å². The quantitative estimate of drug-likeness (QED) is 0.497. The van der Waals surface area contributed by atoms with Gasteiger partial charge in [-0.1, -0.05) is 0 Å². The number of urea groups is 1. The molecule has 121 valence electrons. The van der Waals surface area contributed by atoms with Crippen molar-refractivity contribution in [3.8, 4) is 0 Å². The summed E-state index contributed by atoms with van der Waals surface area (Å²) < 4.78 is 5.43. The molecule has 0 spiro atoms. The minimum atomic E-state index is -0.471. The molecule has 7 nitrogen and oxygen atoms in total. The van der Waals surface area contributed by atoms with E-state index in [1.165, 1.54) is 11.9 Å². The molecule has 0 saturated carbocycles. The van der Waals surface area contributed by atoms with Gasteiger partial charge in [-0.25, -0.2) is 0 Å². The van der Waals surface area contributed by atoms with Crippen LogP contribution in [0.4, 0.5) is 4.79 Å². The van der Waals surface area contributed by atoms with Crippen LogP contribution in [-0.2, 0) is 26.5 Å². The van der Waals surface area contributed by atoms with Crippen molar-refractivity contribution in [3.63, 3.8) is 0 Å². The normalized spacial score (nSPS) is 17.2. The summed E-state index contributed by atoms with van der Waals surface area (Å²) >= 11 is 2.21. The molecule has 0 aliphatic carbocycles. The maximum atomic E-state index is 12.3. The average molecular weight is 353 g/mol. The molecule has 0 radical (unpaired) electrons. The van der Waals surface area contributed by atoms with Gasteiger partial charge in [0.05, 0.1) is 0 Å². The van der Waals surface area contributed by atoms with Crippen molar-refractivity contribution in [1.82, 2.24) is 14.8 Å². The average Bonchev–Trinajstić information content (AvgIpc) is 2.88. The Labute approximate surface area is 142 Å². The Morgan fingerprint density at radius 1 is 1.35 bits per heavy atom. The SMILES string of the molecule is CCOC(=O)c1[c-]c(/C=C2/C(=O)N(C)C(=O)N(C)[C]2=[V])[nH]c1C. The number of likely N-dealkylation sites (N-methyl/N-ethyl adjacent to an activating group) is 2. The van der Waals surface area contributed by atoms with Crippen LogP contribution in [0.5, 0.6) is 0 Å². The van der Waals surface area contributed by atoms with Gasteiger partial charge in [0.1, 0.15) is 0 Å². The fourth-order valence-corrected chi connectivity index (χ4v) is 2.52. The molecule has 0 bridgehead atoms. The van der Waals surface area contributed by atoms with Crippen molar-refractivity contribution in [1.29, 1.82) is 0 Å². The van der Waals surface area contributed by atoms with Crippen LogP contribution in [0.1, 0.15) is 28.7 Å². The van der Waals surface area contributed by atoms with Gasteiger partial charge in [-0.3, -0.25) is 0 Å². The molecular formula is C15H16N3O4V-. The van der Waals surface area contributed by atoms with E-state index in [4.69, 9.17) is 4.74 Å². The zero-order valence-corrected chi connectivity index (χ0v) is 14.7. The van der Waals surface area contributed by atoms with Crippen molar-refractivity contribution < 1.29 is 36.1 Å². The second kappa shape index (κ2) is 6.56. The Balaban J connectivity index is 2.40. The summed E-state index contributed by atoms with van der Waals surface area (Å²) in [5.41, 5.74) is 1.70. The first-order chi connectivity index (χ1) is 10.8. The van der Waals surface area contributed by atoms with E-state index >= 15 is 0 Å². The van der Waals surface area contributed by atoms with Crippen molar-refractivity contribution in [3.05, 3.63) is 28.6 Å². The molecule has 1 fully saturated rings. The Morgan fingerprint density at radius 2 is 2.00 bits per heavy atom. The molecule has 1 saturated heterocycles. The number of H-pyrrole nitrogens is 1. The van der Waals surface area contributed by atoms with Crippen LogP contribution in [0.15, 0.2) is 5.57 Å². The zero-order chi connectivity index (χ0) is 17.3. The van der Waals surface area contributed by atoms with Crippen molar-refractivity contribution >= 4 is 28.3 Å². The van der Waals surface area contributed by atoms with E-state index in [-0.39, 0.29) is 6.61 Å². The molecule has 1 N–H and O–H groups in total. The fourth-order valence-electron chi connectivity index (χ4n) is 2.13. The molecule has 8 heteroatoms. The van der Waals surface area contributed by atoms with Crippen molar-refractivity contribution in [2.24, 2.45) is 0 Å². The van der Waals surface area contributed by atoms with Crippen LogP contribution in [0.3, 0.4) is 0 Å². The number of amides is 3. The number of hydrogen-bond donors (Lipinski definition) is 1. The van der Waals surface area contributed by atoms with E-state index in [0.717, 1.165) is 4.90 Å². The van der Waals surface area contributed by atoms with Crippen molar-refractivity contribution in [2.45, 2.75) is 13.8 Å².